The molecule has 0 unspecified atom stereocenters. The summed E-state index contributed by atoms with van der Waals surface area (Å²) in [6, 6.07) is 6.43. The first-order valence-electron chi connectivity index (χ1n) is 6.33. The van der Waals surface area contributed by atoms with Crippen LogP contribution in [-0.4, -0.2) is 12.1 Å². The Morgan fingerprint density at radius 2 is 1.94 bits per heavy atom. The van der Waals surface area contributed by atoms with Gasteiger partial charge in [-0.1, -0.05) is 32.9 Å². The molecule has 0 aliphatic heterocycles. The van der Waals surface area contributed by atoms with E-state index in [0.717, 1.165) is 18.6 Å². The van der Waals surface area contributed by atoms with Crippen LogP contribution in [0.4, 0.5) is 0 Å². The molecular formula is C15H23NO. The standard InChI is InChI=1S/C15H23NO/c1-11-5-6-12(14(2,3)4)13(9-11)17-10-15(16)7-8-15/h5-6,9H,7-8,10,16H2,1-4H3. The molecule has 1 fully saturated rings. The van der Waals surface area contributed by atoms with Crippen molar-refractivity contribution in [3.63, 3.8) is 0 Å². The lowest BCUT2D eigenvalue weighted by atomic mass is 9.86. The average Bonchev–Trinajstić information content (AvgIpc) is 2.93. The molecule has 0 radical (unpaired) electrons. The fraction of sp³-hybridized carbons (Fsp3) is 0.600. The third-order valence-corrected chi connectivity index (χ3v) is 3.35. The van der Waals surface area contributed by atoms with Crippen LogP contribution < -0.4 is 10.5 Å². The van der Waals surface area contributed by atoms with Gasteiger partial charge in [0.25, 0.3) is 0 Å². The summed E-state index contributed by atoms with van der Waals surface area (Å²) >= 11 is 0. The van der Waals surface area contributed by atoms with Crippen LogP contribution in [-0.2, 0) is 5.41 Å². The molecule has 0 bridgehead atoms. The lowest BCUT2D eigenvalue weighted by Gasteiger charge is -2.24. The van der Waals surface area contributed by atoms with E-state index < -0.39 is 0 Å². The van der Waals surface area contributed by atoms with Crippen LogP contribution in [0.2, 0.25) is 0 Å². The number of hydrogen-bond acceptors (Lipinski definition) is 2. The molecule has 17 heavy (non-hydrogen) atoms. The van der Waals surface area contributed by atoms with Crippen molar-refractivity contribution in [1.82, 2.24) is 0 Å². The van der Waals surface area contributed by atoms with Crippen LogP contribution in [0.3, 0.4) is 0 Å². The predicted molar refractivity (Wildman–Crippen MR) is 71.5 cm³/mol. The maximum Gasteiger partial charge on any atom is 0.123 e. The van der Waals surface area contributed by atoms with Gasteiger partial charge < -0.3 is 10.5 Å². The topological polar surface area (TPSA) is 35.2 Å². The number of benzene rings is 1. The first kappa shape index (κ1) is 12.4. The lowest BCUT2D eigenvalue weighted by molar-refractivity contribution is 0.273. The minimum atomic E-state index is -0.0566. The normalized spacial score (nSPS) is 17.9. The van der Waals surface area contributed by atoms with E-state index in [-0.39, 0.29) is 11.0 Å². The van der Waals surface area contributed by atoms with Gasteiger partial charge in [-0.3, -0.25) is 0 Å². The van der Waals surface area contributed by atoms with Crippen molar-refractivity contribution in [3.05, 3.63) is 29.3 Å². The van der Waals surface area contributed by atoms with Gasteiger partial charge in [0.1, 0.15) is 12.4 Å². The van der Waals surface area contributed by atoms with Crippen LogP contribution in [0.25, 0.3) is 0 Å². The number of aryl methyl sites for hydroxylation is 1. The number of hydrogen-bond donors (Lipinski definition) is 1. The summed E-state index contributed by atoms with van der Waals surface area (Å²) in [5, 5.41) is 0. The van der Waals surface area contributed by atoms with Crippen LogP contribution in [0, 0.1) is 6.92 Å². The van der Waals surface area contributed by atoms with Gasteiger partial charge in [0.05, 0.1) is 5.54 Å². The van der Waals surface area contributed by atoms with Gasteiger partial charge in [-0.05, 0) is 42.4 Å². The number of rotatable bonds is 3. The molecule has 0 amide bonds. The molecule has 1 aliphatic carbocycles. The third kappa shape index (κ3) is 3.01. The van der Waals surface area contributed by atoms with Crippen molar-refractivity contribution in [1.29, 1.82) is 0 Å². The Morgan fingerprint density at radius 3 is 2.47 bits per heavy atom. The van der Waals surface area contributed by atoms with Crippen LogP contribution in [0.5, 0.6) is 5.75 Å². The van der Waals surface area contributed by atoms with Crippen LogP contribution in [0.15, 0.2) is 18.2 Å². The van der Waals surface area contributed by atoms with Gasteiger partial charge in [0, 0.05) is 0 Å². The molecule has 94 valence electrons. The Kier molecular flexibility index (Phi) is 2.94. The van der Waals surface area contributed by atoms with Crippen molar-refractivity contribution >= 4 is 0 Å². The molecule has 0 atom stereocenters. The summed E-state index contributed by atoms with van der Waals surface area (Å²) in [6.45, 7) is 9.35. The lowest BCUT2D eigenvalue weighted by Crippen LogP contribution is -2.30. The van der Waals surface area contributed by atoms with Gasteiger partial charge in [-0.15, -0.1) is 0 Å². The zero-order valence-electron chi connectivity index (χ0n) is 11.3. The van der Waals surface area contributed by atoms with Crippen molar-refractivity contribution in [3.8, 4) is 5.75 Å². The van der Waals surface area contributed by atoms with Gasteiger partial charge in [-0.25, -0.2) is 0 Å². The quantitative estimate of drug-likeness (QED) is 0.870. The Labute approximate surface area is 104 Å². The minimum absolute atomic E-state index is 0.0566. The molecule has 1 aliphatic rings. The van der Waals surface area contributed by atoms with E-state index in [0.29, 0.717) is 6.61 Å². The molecule has 2 N–H and O–H groups in total. The molecular weight excluding hydrogens is 210 g/mol. The highest BCUT2D eigenvalue weighted by Crippen LogP contribution is 2.36. The van der Waals surface area contributed by atoms with Gasteiger partial charge >= 0.3 is 0 Å². The monoisotopic (exact) mass is 233 g/mol. The van der Waals surface area contributed by atoms with Gasteiger partial charge in [0.15, 0.2) is 0 Å². The predicted octanol–water partition coefficient (Wildman–Crippen LogP) is 3.16. The van der Waals surface area contributed by atoms with Crippen molar-refractivity contribution in [2.24, 2.45) is 5.73 Å². The Hall–Kier alpha value is -1.02. The Balaban J connectivity index is 2.20. The summed E-state index contributed by atoms with van der Waals surface area (Å²) in [5.74, 6) is 0.995. The summed E-state index contributed by atoms with van der Waals surface area (Å²) in [4.78, 5) is 0. The second-order valence-corrected chi connectivity index (χ2v) is 6.40. The Bertz CT molecular complexity index is 413. The molecule has 2 heteroatoms. The molecule has 1 aromatic rings. The van der Waals surface area contributed by atoms with E-state index in [1.165, 1.54) is 11.1 Å². The molecule has 2 nitrogen and oxygen atoms in total. The fourth-order valence-corrected chi connectivity index (χ4v) is 1.89. The van der Waals surface area contributed by atoms with E-state index in [1.807, 2.05) is 0 Å². The first-order valence-corrected chi connectivity index (χ1v) is 6.33. The summed E-state index contributed by atoms with van der Waals surface area (Å²) < 4.78 is 5.95. The van der Waals surface area contributed by atoms with Crippen LogP contribution in [0.1, 0.15) is 44.7 Å². The molecule has 0 heterocycles. The number of nitrogens with two attached hydrogens (primary N) is 1. The maximum absolute atomic E-state index is 6.07. The largest absolute Gasteiger partial charge is 0.491 e. The van der Waals surface area contributed by atoms with Crippen molar-refractivity contribution in [2.75, 3.05) is 6.61 Å². The van der Waals surface area contributed by atoms with E-state index in [9.17, 15) is 0 Å². The SMILES string of the molecule is Cc1ccc(C(C)(C)C)c(OCC2(N)CC2)c1. The van der Waals surface area contributed by atoms with Crippen LogP contribution >= 0.6 is 0 Å². The molecule has 0 saturated heterocycles. The molecule has 0 aromatic heterocycles. The van der Waals surface area contributed by atoms with E-state index >= 15 is 0 Å². The summed E-state index contributed by atoms with van der Waals surface area (Å²) in [6.07, 6.45) is 2.17. The maximum atomic E-state index is 6.07. The highest BCUT2D eigenvalue weighted by atomic mass is 16.5. The second-order valence-electron chi connectivity index (χ2n) is 6.40. The van der Waals surface area contributed by atoms with Gasteiger partial charge in [0.2, 0.25) is 0 Å². The van der Waals surface area contributed by atoms with E-state index in [2.05, 4.69) is 45.9 Å². The minimum Gasteiger partial charge on any atom is -0.491 e. The van der Waals surface area contributed by atoms with Crippen molar-refractivity contribution < 1.29 is 4.74 Å². The summed E-state index contributed by atoms with van der Waals surface area (Å²) in [7, 11) is 0. The molecule has 1 saturated carbocycles. The number of ether oxygens (including phenoxy) is 1. The van der Waals surface area contributed by atoms with E-state index in [1.54, 1.807) is 0 Å². The highest BCUT2D eigenvalue weighted by molar-refractivity contribution is 5.41. The molecule has 1 aromatic carbocycles. The molecule has 2 rings (SSSR count). The summed E-state index contributed by atoms with van der Waals surface area (Å²) in [5.41, 5.74) is 8.60. The smallest absolute Gasteiger partial charge is 0.123 e. The zero-order chi connectivity index (χ0) is 12.7. The average molecular weight is 233 g/mol. The van der Waals surface area contributed by atoms with E-state index in [4.69, 9.17) is 10.5 Å². The highest BCUT2D eigenvalue weighted by Gasteiger charge is 2.39. The fourth-order valence-electron chi connectivity index (χ4n) is 1.89. The van der Waals surface area contributed by atoms with Crippen molar-refractivity contribution in [2.45, 2.75) is 51.5 Å². The molecule has 0 spiro atoms. The second kappa shape index (κ2) is 4.02. The first-order chi connectivity index (χ1) is 7.80. The third-order valence-electron chi connectivity index (χ3n) is 3.35. The Morgan fingerprint density at radius 1 is 1.29 bits per heavy atom. The zero-order valence-corrected chi connectivity index (χ0v) is 11.3. The van der Waals surface area contributed by atoms with Gasteiger partial charge in [-0.2, -0.15) is 0 Å².